The molecule has 0 bridgehead atoms. The molecule has 1 aliphatic carbocycles. The normalized spacial score (nSPS) is 27.1. The first-order valence-corrected chi connectivity index (χ1v) is 7.12. The van der Waals surface area contributed by atoms with Crippen molar-refractivity contribution in [3.63, 3.8) is 0 Å². The number of rotatable bonds is 4. The molecule has 1 amide bonds. The highest BCUT2D eigenvalue weighted by Gasteiger charge is 2.42. The number of thiophene rings is 1. The van der Waals surface area contributed by atoms with Crippen molar-refractivity contribution in [2.75, 3.05) is 5.32 Å². The Kier molecular flexibility index (Phi) is 4.01. The Labute approximate surface area is 110 Å². The highest BCUT2D eigenvalue weighted by molar-refractivity contribution is 7.08. The van der Waals surface area contributed by atoms with Crippen molar-refractivity contribution in [1.29, 1.82) is 0 Å². The Hall–Kier alpha value is -1.36. The molecule has 0 saturated heterocycles. The molecule has 1 aromatic heterocycles. The maximum Gasteiger partial charge on any atom is 0.307 e. The zero-order chi connectivity index (χ0) is 13.1. The largest absolute Gasteiger partial charge is 0.481 e. The van der Waals surface area contributed by atoms with Crippen LogP contribution in [0.1, 0.15) is 26.2 Å². The SMILES string of the molecule is CCC1C[C@H](C(=O)Nc2ccsc2)[C@H](C(=O)O)C1. The first kappa shape index (κ1) is 13.1. The van der Waals surface area contributed by atoms with Gasteiger partial charge in [0.15, 0.2) is 0 Å². The second-order valence-electron chi connectivity index (χ2n) is 4.80. The van der Waals surface area contributed by atoms with E-state index in [1.54, 1.807) is 0 Å². The first-order chi connectivity index (χ1) is 8.61. The third kappa shape index (κ3) is 2.72. The summed E-state index contributed by atoms with van der Waals surface area (Å²) in [4.78, 5) is 23.3. The molecule has 2 rings (SSSR count). The van der Waals surface area contributed by atoms with E-state index in [0.717, 1.165) is 12.1 Å². The molecule has 98 valence electrons. The summed E-state index contributed by atoms with van der Waals surface area (Å²) in [5, 5.41) is 15.7. The second kappa shape index (κ2) is 5.52. The fraction of sp³-hybridized carbons (Fsp3) is 0.538. The monoisotopic (exact) mass is 267 g/mol. The zero-order valence-electron chi connectivity index (χ0n) is 10.3. The Bertz CT molecular complexity index is 429. The number of carboxylic acids is 1. The van der Waals surface area contributed by atoms with Crippen molar-refractivity contribution < 1.29 is 14.7 Å². The average molecular weight is 267 g/mol. The lowest BCUT2D eigenvalue weighted by atomic mass is 9.95. The van der Waals surface area contributed by atoms with Gasteiger partial charge in [-0.25, -0.2) is 0 Å². The molecule has 1 aliphatic rings. The molecule has 18 heavy (non-hydrogen) atoms. The predicted molar refractivity (Wildman–Crippen MR) is 70.6 cm³/mol. The van der Waals surface area contributed by atoms with E-state index in [9.17, 15) is 14.7 Å². The number of amides is 1. The summed E-state index contributed by atoms with van der Waals surface area (Å²) in [6.07, 6.45) is 2.24. The van der Waals surface area contributed by atoms with Crippen molar-refractivity contribution in [3.8, 4) is 0 Å². The van der Waals surface area contributed by atoms with Gasteiger partial charge in [0, 0.05) is 5.38 Å². The molecule has 5 heteroatoms. The van der Waals surface area contributed by atoms with Gasteiger partial charge in [-0.1, -0.05) is 13.3 Å². The third-order valence-electron chi connectivity index (χ3n) is 3.68. The minimum Gasteiger partial charge on any atom is -0.481 e. The highest BCUT2D eigenvalue weighted by atomic mass is 32.1. The summed E-state index contributed by atoms with van der Waals surface area (Å²) >= 11 is 1.51. The predicted octanol–water partition coefficient (Wildman–Crippen LogP) is 2.82. The zero-order valence-corrected chi connectivity index (χ0v) is 11.1. The summed E-state index contributed by atoms with van der Waals surface area (Å²) < 4.78 is 0. The third-order valence-corrected chi connectivity index (χ3v) is 4.36. The van der Waals surface area contributed by atoms with E-state index >= 15 is 0 Å². The van der Waals surface area contributed by atoms with Crippen LogP contribution in [0.3, 0.4) is 0 Å². The molecule has 1 saturated carbocycles. The van der Waals surface area contributed by atoms with E-state index < -0.39 is 17.8 Å². The first-order valence-electron chi connectivity index (χ1n) is 6.17. The number of carbonyl (C=O) groups excluding carboxylic acids is 1. The number of hydrogen-bond donors (Lipinski definition) is 2. The number of hydrogen-bond acceptors (Lipinski definition) is 3. The molecular formula is C13H17NO3S. The lowest BCUT2D eigenvalue weighted by Gasteiger charge is -2.14. The molecule has 1 aromatic rings. The standard InChI is InChI=1S/C13H17NO3S/c1-2-8-5-10(11(6-8)13(16)17)12(15)14-9-3-4-18-7-9/h3-4,7-8,10-11H,2,5-6H2,1H3,(H,14,15)(H,16,17)/t8?,10-,11+/m0/s1. The molecule has 0 radical (unpaired) electrons. The average Bonchev–Trinajstić information content (AvgIpc) is 2.96. The lowest BCUT2D eigenvalue weighted by molar-refractivity contribution is -0.145. The van der Waals surface area contributed by atoms with Crippen LogP contribution in [-0.2, 0) is 9.59 Å². The number of carbonyl (C=O) groups is 2. The molecule has 0 aliphatic heterocycles. The summed E-state index contributed by atoms with van der Waals surface area (Å²) in [7, 11) is 0. The summed E-state index contributed by atoms with van der Waals surface area (Å²) in [6, 6.07) is 1.82. The molecule has 0 aromatic carbocycles. The van der Waals surface area contributed by atoms with Gasteiger partial charge in [0.25, 0.3) is 0 Å². The Morgan fingerprint density at radius 1 is 1.44 bits per heavy atom. The fourth-order valence-corrected chi connectivity index (χ4v) is 3.20. The van der Waals surface area contributed by atoms with E-state index in [1.807, 2.05) is 23.8 Å². The van der Waals surface area contributed by atoms with Crippen molar-refractivity contribution >= 4 is 28.9 Å². The molecule has 3 atom stereocenters. The molecule has 2 N–H and O–H groups in total. The van der Waals surface area contributed by atoms with Gasteiger partial charge in [0.2, 0.25) is 5.91 Å². The number of aliphatic carboxylic acids is 1. The van der Waals surface area contributed by atoms with Crippen molar-refractivity contribution in [2.24, 2.45) is 17.8 Å². The highest BCUT2D eigenvalue weighted by Crippen LogP contribution is 2.39. The minimum absolute atomic E-state index is 0.156. The fourth-order valence-electron chi connectivity index (χ4n) is 2.61. The minimum atomic E-state index is -0.851. The Morgan fingerprint density at radius 3 is 2.72 bits per heavy atom. The van der Waals surface area contributed by atoms with Crippen LogP contribution < -0.4 is 5.32 Å². The summed E-state index contributed by atoms with van der Waals surface area (Å²) in [5.74, 6) is -1.58. The number of nitrogens with one attached hydrogen (secondary N) is 1. The van der Waals surface area contributed by atoms with Gasteiger partial charge in [-0.05, 0) is 30.2 Å². The van der Waals surface area contributed by atoms with Gasteiger partial charge in [0.05, 0.1) is 17.5 Å². The van der Waals surface area contributed by atoms with Crippen molar-refractivity contribution in [1.82, 2.24) is 0 Å². The van der Waals surface area contributed by atoms with E-state index in [-0.39, 0.29) is 5.91 Å². The lowest BCUT2D eigenvalue weighted by Crippen LogP contribution is -2.29. The molecule has 1 fully saturated rings. The Balaban J connectivity index is 2.05. The van der Waals surface area contributed by atoms with Crippen molar-refractivity contribution in [2.45, 2.75) is 26.2 Å². The maximum atomic E-state index is 12.1. The van der Waals surface area contributed by atoms with E-state index in [4.69, 9.17) is 0 Å². The summed E-state index contributed by atoms with van der Waals surface area (Å²) in [5.41, 5.74) is 0.758. The quantitative estimate of drug-likeness (QED) is 0.881. The molecule has 0 spiro atoms. The van der Waals surface area contributed by atoms with Gasteiger partial charge < -0.3 is 10.4 Å². The van der Waals surface area contributed by atoms with Gasteiger partial charge in [0.1, 0.15) is 0 Å². The van der Waals surface area contributed by atoms with E-state index in [2.05, 4.69) is 5.32 Å². The molecule has 1 heterocycles. The second-order valence-corrected chi connectivity index (χ2v) is 5.58. The maximum absolute atomic E-state index is 12.1. The van der Waals surface area contributed by atoms with Crippen LogP contribution >= 0.6 is 11.3 Å². The Morgan fingerprint density at radius 2 is 2.17 bits per heavy atom. The van der Waals surface area contributed by atoms with Crippen LogP contribution in [0, 0.1) is 17.8 Å². The van der Waals surface area contributed by atoms with E-state index in [0.29, 0.717) is 18.8 Å². The topological polar surface area (TPSA) is 66.4 Å². The molecule has 4 nitrogen and oxygen atoms in total. The van der Waals surface area contributed by atoms with Crippen LogP contribution in [0.25, 0.3) is 0 Å². The van der Waals surface area contributed by atoms with Gasteiger partial charge in [-0.3, -0.25) is 9.59 Å². The van der Waals surface area contributed by atoms with Crippen LogP contribution in [0.2, 0.25) is 0 Å². The van der Waals surface area contributed by atoms with Gasteiger partial charge >= 0.3 is 5.97 Å². The van der Waals surface area contributed by atoms with E-state index in [1.165, 1.54) is 11.3 Å². The molecular weight excluding hydrogens is 250 g/mol. The van der Waals surface area contributed by atoms with Crippen LogP contribution in [0.15, 0.2) is 16.8 Å². The van der Waals surface area contributed by atoms with Crippen LogP contribution in [0.5, 0.6) is 0 Å². The van der Waals surface area contributed by atoms with Crippen LogP contribution in [-0.4, -0.2) is 17.0 Å². The van der Waals surface area contributed by atoms with Crippen molar-refractivity contribution in [3.05, 3.63) is 16.8 Å². The van der Waals surface area contributed by atoms with Gasteiger partial charge in [-0.15, -0.1) is 0 Å². The smallest absolute Gasteiger partial charge is 0.307 e. The molecule has 1 unspecified atom stereocenters. The number of carboxylic acid groups (broad SMARTS) is 1. The summed E-state index contributed by atoms with van der Waals surface area (Å²) in [6.45, 7) is 2.04. The number of anilines is 1. The van der Waals surface area contributed by atoms with Crippen LogP contribution in [0.4, 0.5) is 5.69 Å². The van der Waals surface area contributed by atoms with Gasteiger partial charge in [-0.2, -0.15) is 11.3 Å².